The van der Waals surface area contributed by atoms with Crippen LogP contribution in [0, 0.1) is 0 Å². The maximum absolute atomic E-state index is 5.78. The van der Waals surface area contributed by atoms with Crippen LogP contribution in [-0.2, 0) is 24.4 Å². The normalized spacial score (nSPS) is 11.2. The third-order valence-electron chi connectivity index (χ3n) is 2.93. The Morgan fingerprint density at radius 2 is 2.12 bits per heavy atom. The van der Waals surface area contributed by atoms with Gasteiger partial charge in [-0.3, -0.25) is 0 Å². The molecule has 0 saturated heterocycles. The highest BCUT2D eigenvalue weighted by Crippen LogP contribution is 2.25. The standard InChI is InChI=1S/C13H18N2O/c1-3-15-8-11(9-16-2)13-10(7-14)5-4-6-12(13)15/h4-6,8H,3,7,9,14H2,1-2H3. The van der Waals surface area contributed by atoms with Gasteiger partial charge in [0.2, 0.25) is 0 Å². The molecule has 0 bridgehead atoms. The summed E-state index contributed by atoms with van der Waals surface area (Å²) in [5.41, 5.74) is 9.44. The summed E-state index contributed by atoms with van der Waals surface area (Å²) < 4.78 is 7.48. The number of fused-ring (bicyclic) bond motifs is 1. The monoisotopic (exact) mass is 218 g/mol. The zero-order chi connectivity index (χ0) is 11.5. The van der Waals surface area contributed by atoms with Crippen molar-refractivity contribution in [3.05, 3.63) is 35.5 Å². The summed E-state index contributed by atoms with van der Waals surface area (Å²) in [5, 5.41) is 1.26. The molecule has 16 heavy (non-hydrogen) atoms. The summed E-state index contributed by atoms with van der Waals surface area (Å²) in [7, 11) is 1.72. The molecular formula is C13H18N2O. The first kappa shape index (κ1) is 11.2. The number of aromatic nitrogens is 1. The van der Waals surface area contributed by atoms with E-state index in [1.165, 1.54) is 22.0 Å². The van der Waals surface area contributed by atoms with Gasteiger partial charge >= 0.3 is 0 Å². The summed E-state index contributed by atoms with van der Waals surface area (Å²) in [6.45, 7) is 4.32. The number of methoxy groups -OCH3 is 1. The molecule has 0 unspecified atom stereocenters. The Morgan fingerprint density at radius 3 is 2.75 bits per heavy atom. The molecule has 0 aliphatic heterocycles. The van der Waals surface area contributed by atoms with Crippen LogP contribution in [0.1, 0.15) is 18.1 Å². The zero-order valence-corrected chi connectivity index (χ0v) is 9.86. The summed E-state index contributed by atoms with van der Waals surface area (Å²) in [6, 6.07) is 6.28. The predicted octanol–water partition coefficient (Wildman–Crippen LogP) is 2.27. The molecule has 0 saturated carbocycles. The van der Waals surface area contributed by atoms with E-state index in [2.05, 4.69) is 35.9 Å². The van der Waals surface area contributed by atoms with Gasteiger partial charge in [0.15, 0.2) is 0 Å². The SMILES string of the molecule is CCn1cc(COC)c2c(CN)cccc21. The summed E-state index contributed by atoms with van der Waals surface area (Å²) in [6.07, 6.45) is 2.16. The van der Waals surface area contributed by atoms with Gasteiger partial charge in [-0.2, -0.15) is 0 Å². The molecule has 86 valence electrons. The molecule has 0 aliphatic rings. The largest absolute Gasteiger partial charge is 0.380 e. The summed E-state index contributed by atoms with van der Waals surface area (Å²) >= 11 is 0. The average molecular weight is 218 g/mol. The highest BCUT2D eigenvalue weighted by atomic mass is 16.5. The molecule has 3 heteroatoms. The minimum absolute atomic E-state index is 0.571. The topological polar surface area (TPSA) is 40.2 Å². The Morgan fingerprint density at radius 1 is 1.31 bits per heavy atom. The quantitative estimate of drug-likeness (QED) is 0.855. The van der Waals surface area contributed by atoms with E-state index < -0.39 is 0 Å². The van der Waals surface area contributed by atoms with Crippen LogP contribution in [0.5, 0.6) is 0 Å². The zero-order valence-electron chi connectivity index (χ0n) is 9.86. The van der Waals surface area contributed by atoms with Crippen molar-refractivity contribution in [2.45, 2.75) is 26.6 Å². The molecule has 0 fully saturated rings. The molecule has 2 N–H and O–H groups in total. The van der Waals surface area contributed by atoms with E-state index in [4.69, 9.17) is 10.5 Å². The fourth-order valence-corrected chi connectivity index (χ4v) is 2.22. The van der Waals surface area contributed by atoms with E-state index in [-0.39, 0.29) is 0 Å². The number of hydrogen-bond acceptors (Lipinski definition) is 2. The van der Waals surface area contributed by atoms with Crippen LogP contribution in [-0.4, -0.2) is 11.7 Å². The minimum Gasteiger partial charge on any atom is -0.380 e. The fourth-order valence-electron chi connectivity index (χ4n) is 2.22. The number of hydrogen-bond donors (Lipinski definition) is 1. The van der Waals surface area contributed by atoms with Gasteiger partial charge in [0, 0.05) is 42.9 Å². The van der Waals surface area contributed by atoms with Gasteiger partial charge in [-0.15, -0.1) is 0 Å². The molecule has 2 aromatic rings. The molecular weight excluding hydrogens is 200 g/mol. The Balaban J connectivity index is 2.69. The lowest BCUT2D eigenvalue weighted by Crippen LogP contribution is -1.98. The van der Waals surface area contributed by atoms with Crippen LogP contribution in [0.3, 0.4) is 0 Å². The van der Waals surface area contributed by atoms with Crippen LogP contribution in [0.4, 0.5) is 0 Å². The van der Waals surface area contributed by atoms with Crippen molar-refractivity contribution >= 4 is 10.9 Å². The van der Waals surface area contributed by atoms with Crippen LogP contribution in [0.2, 0.25) is 0 Å². The second kappa shape index (κ2) is 4.68. The van der Waals surface area contributed by atoms with Crippen LogP contribution in [0.25, 0.3) is 10.9 Å². The van der Waals surface area contributed by atoms with Crippen molar-refractivity contribution in [1.29, 1.82) is 0 Å². The first-order chi connectivity index (χ1) is 7.81. The molecule has 0 aliphatic carbocycles. The van der Waals surface area contributed by atoms with Crippen molar-refractivity contribution in [1.82, 2.24) is 4.57 Å². The number of ether oxygens (including phenoxy) is 1. The number of rotatable bonds is 4. The molecule has 1 heterocycles. The van der Waals surface area contributed by atoms with E-state index in [0.29, 0.717) is 13.2 Å². The van der Waals surface area contributed by atoms with E-state index >= 15 is 0 Å². The Labute approximate surface area is 95.8 Å². The van der Waals surface area contributed by atoms with E-state index in [1.54, 1.807) is 7.11 Å². The molecule has 2 rings (SSSR count). The smallest absolute Gasteiger partial charge is 0.0734 e. The van der Waals surface area contributed by atoms with Gasteiger partial charge in [0.25, 0.3) is 0 Å². The van der Waals surface area contributed by atoms with Crippen LogP contribution < -0.4 is 5.73 Å². The highest BCUT2D eigenvalue weighted by molar-refractivity contribution is 5.87. The van der Waals surface area contributed by atoms with Crippen molar-refractivity contribution in [2.24, 2.45) is 5.73 Å². The fraction of sp³-hybridized carbons (Fsp3) is 0.385. The predicted molar refractivity (Wildman–Crippen MR) is 66.2 cm³/mol. The number of benzene rings is 1. The molecule has 0 radical (unpaired) electrons. The van der Waals surface area contributed by atoms with Crippen molar-refractivity contribution in [3.63, 3.8) is 0 Å². The maximum atomic E-state index is 5.78. The summed E-state index contributed by atoms with van der Waals surface area (Å²) in [5.74, 6) is 0. The van der Waals surface area contributed by atoms with E-state index in [0.717, 1.165) is 6.54 Å². The second-order valence-corrected chi connectivity index (χ2v) is 3.89. The molecule has 0 amide bonds. The minimum atomic E-state index is 0.571. The van der Waals surface area contributed by atoms with Gasteiger partial charge < -0.3 is 15.0 Å². The van der Waals surface area contributed by atoms with Gasteiger partial charge in [-0.25, -0.2) is 0 Å². The molecule has 0 spiro atoms. The van der Waals surface area contributed by atoms with Gasteiger partial charge in [-0.1, -0.05) is 12.1 Å². The maximum Gasteiger partial charge on any atom is 0.0734 e. The van der Waals surface area contributed by atoms with Crippen molar-refractivity contribution in [3.8, 4) is 0 Å². The lowest BCUT2D eigenvalue weighted by Gasteiger charge is -2.04. The average Bonchev–Trinajstić information content (AvgIpc) is 2.68. The van der Waals surface area contributed by atoms with Gasteiger partial charge in [-0.05, 0) is 18.6 Å². The molecule has 1 aromatic heterocycles. The lowest BCUT2D eigenvalue weighted by atomic mass is 10.1. The number of nitrogens with zero attached hydrogens (tertiary/aromatic N) is 1. The number of aryl methyl sites for hydroxylation is 1. The first-order valence-electron chi connectivity index (χ1n) is 5.60. The van der Waals surface area contributed by atoms with Crippen molar-refractivity contribution < 1.29 is 4.74 Å². The van der Waals surface area contributed by atoms with E-state index in [1.807, 2.05) is 0 Å². The van der Waals surface area contributed by atoms with E-state index in [9.17, 15) is 0 Å². The number of nitrogens with two attached hydrogens (primary N) is 1. The highest BCUT2D eigenvalue weighted by Gasteiger charge is 2.10. The van der Waals surface area contributed by atoms with Crippen LogP contribution in [0.15, 0.2) is 24.4 Å². The Hall–Kier alpha value is -1.32. The van der Waals surface area contributed by atoms with Crippen molar-refractivity contribution in [2.75, 3.05) is 7.11 Å². The second-order valence-electron chi connectivity index (χ2n) is 3.89. The first-order valence-corrected chi connectivity index (χ1v) is 5.60. The third kappa shape index (κ3) is 1.72. The Kier molecular flexibility index (Phi) is 3.27. The third-order valence-corrected chi connectivity index (χ3v) is 2.93. The summed E-state index contributed by atoms with van der Waals surface area (Å²) in [4.78, 5) is 0. The van der Waals surface area contributed by atoms with Crippen LogP contribution >= 0.6 is 0 Å². The Bertz CT molecular complexity index is 488. The van der Waals surface area contributed by atoms with Gasteiger partial charge in [0.05, 0.1) is 6.61 Å². The molecule has 3 nitrogen and oxygen atoms in total. The van der Waals surface area contributed by atoms with Gasteiger partial charge in [0.1, 0.15) is 0 Å². The lowest BCUT2D eigenvalue weighted by molar-refractivity contribution is 0.186. The molecule has 0 atom stereocenters. The molecule has 1 aromatic carbocycles.